The van der Waals surface area contributed by atoms with Gasteiger partial charge in [-0.3, -0.25) is 0 Å². The number of nitrogens with two attached hydrogens (primary N) is 2. The van der Waals surface area contributed by atoms with Crippen LogP contribution < -0.4 is 11.5 Å². The van der Waals surface area contributed by atoms with E-state index in [4.69, 9.17) is 11.5 Å². The zero-order chi connectivity index (χ0) is 11.3. The summed E-state index contributed by atoms with van der Waals surface area (Å²) in [5.41, 5.74) is 11.4. The Bertz CT molecular complexity index is 284. The van der Waals surface area contributed by atoms with Crippen LogP contribution in [0.5, 0.6) is 0 Å². The van der Waals surface area contributed by atoms with E-state index in [-0.39, 0.29) is 0 Å². The predicted molar refractivity (Wildman–Crippen MR) is 71.3 cm³/mol. The third-order valence-corrected chi connectivity index (χ3v) is 4.56. The Labute approximate surface area is 104 Å². The van der Waals surface area contributed by atoms with Gasteiger partial charge in [-0.05, 0) is 65.8 Å². The number of rotatable bonds is 6. The Kier molecular flexibility index (Phi) is 5.82. The molecule has 0 fully saturated rings. The van der Waals surface area contributed by atoms with Crippen LogP contribution in [0.4, 0.5) is 0 Å². The van der Waals surface area contributed by atoms with Gasteiger partial charge in [0.2, 0.25) is 0 Å². The highest BCUT2D eigenvalue weighted by Crippen LogP contribution is 2.33. The molecule has 0 aliphatic rings. The second kappa shape index (κ2) is 6.63. The maximum Gasteiger partial charge on any atom is 0.0701 e. The minimum Gasteiger partial charge on any atom is -0.330 e. The van der Waals surface area contributed by atoms with Gasteiger partial charge < -0.3 is 11.5 Å². The zero-order valence-corrected chi connectivity index (χ0v) is 11.5. The lowest BCUT2D eigenvalue weighted by molar-refractivity contribution is 0.446. The van der Waals surface area contributed by atoms with Crippen molar-refractivity contribution in [3.05, 3.63) is 20.8 Å². The maximum atomic E-state index is 5.68. The molecule has 86 valence electrons. The van der Waals surface area contributed by atoms with Gasteiger partial charge in [-0.2, -0.15) is 0 Å². The van der Waals surface area contributed by atoms with Crippen LogP contribution in [0.2, 0.25) is 0 Å². The summed E-state index contributed by atoms with van der Waals surface area (Å²) in [7, 11) is 0. The van der Waals surface area contributed by atoms with Crippen LogP contribution in [-0.4, -0.2) is 13.1 Å². The summed E-state index contributed by atoms with van der Waals surface area (Å²) >= 11 is 5.32. The van der Waals surface area contributed by atoms with Gasteiger partial charge in [-0.15, -0.1) is 11.3 Å². The Hall–Kier alpha value is 0.1000. The van der Waals surface area contributed by atoms with E-state index in [1.165, 1.54) is 8.66 Å². The first-order valence-electron chi connectivity index (χ1n) is 5.36. The lowest BCUT2D eigenvalue weighted by Crippen LogP contribution is -2.24. The molecule has 0 saturated carbocycles. The van der Waals surface area contributed by atoms with Crippen LogP contribution in [0.3, 0.4) is 0 Å². The van der Waals surface area contributed by atoms with E-state index in [9.17, 15) is 0 Å². The summed E-state index contributed by atoms with van der Waals surface area (Å²) in [6, 6.07) is 4.32. The molecule has 4 N–H and O–H groups in total. The van der Waals surface area contributed by atoms with Crippen molar-refractivity contribution in [3.63, 3.8) is 0 Å². The molecule has 0 amide bonds. The normalized spacial score (nSPS) is 13.4. The molecule has 0 spiro atoms. The maximum absolute atomic E-state index is 5.68. The van der Waals surface area contributed by atoms with Gasteiger partial charge in [-0.25, -0.2) is 0 Å². The molecular formula is C11H19BrN2S. The van der Waals surface area contributed by atoms with Crippen molar-refractivity contribution in [3.8, 4) is 0 Å². The highest BCUT2D eigenvalue weighted by atomic mass is 79.9. The Morgan fingerprint density at radius 3 is 2.40 bits per heavy atom. The molecule has 1 atom stereocenters. The van der Waals surface area contributed by atoms with Crippen molar-refractivity contribution in [1.82, 2.24) is 0 Å². The quantitative estimate of drug-likeness (QED) is 0.846. The van der Waals surface area contributed by atoms with Gasteiger partial charge in [0.1, 0.15) is 0 Å². The molecule has 1 unspecified atom stereocenters. The standard InChI is InChI=1S/C11H19BrN2S/c1-2-9(5-8(6-13)7-14)10-3-4-11(12)15-10/h3-4,8-9H,2,5-7,13-14H2,1H3. The fourth-order valence-corrected chi connectivity index (χ4v) is 3.34. The molecule has 0 aliphatic carbocycles. The molecule has 0 aliphatic heterocycles. The van der Waals surface area contributed by atoms with Crippen LogP contribution in [0.15, 0.2) is 15.9 Å². The highest BCUT2D eigenvalue weighted by molar-refractivity contribution is 9.11. The van der Waals surface area contributed by atoms with E-state index in [0.29, 0.717) is 24.9 Å². The van der Waals surface area contributed by atoms with E-state index < -0.39 is 0 Å². The molecule has 15 heavy (non-hydrogen) atoms. The molecule has 0 radical (unpaired) electrons. The van der Waals surface area contributed by atoms with E-state index in [2.05, 4.69) is 35.0 Å². The summed E-state index contributed by atoms with van der Waals surface area (Å²) in [5.74, 6) is 1.06. The van der Waals surface area contributed by atoms with Crippen molar-refractivity contribution in [2.45, 2.75) is 25.7 Å². The third kappa shape index (κ3) is 3.87. The first-order chi connectivity index (χ1) is 7.21. The number of hydrogen-bond donors (Lipinski definition) is 2. The Morgan fingerprint density at radius 1 is 1.33 bits per heavy atom. The highest BCUT2D eigenvalue weighted by Gasteiger charge is 2.16. The number of halogens is 1. The van der Waals surface area contributed by atoms with Gasteiger partial charge in [0.15, 0.2) is 0 Å². The van der Waals surface area contributed by atoms with Crippen molar-refractivity contribution in [2.75, 3.05) is 13.1 Å². The van der Waals surface area contributed by atoms with Crippen molar-refractivity contribution < 1.29 is 0 Å². The van der Waals surface area contributed by atoms with Gasteiger partial charge >= 0.3 is 0 Å². The third-order valence-electron chi connectivity index (χ3n) is 2.77. The van der Waals surface area contributed by atoms with Crippen LogP contribution in [-0.2, 0) is 0 Å². The molecule has 1 heterocycles. The Morgan fingerprint density at radius 2 is 2.00 bits per heavy atom. The fourth-order valence-electron chi connectivity index (χ4n) is 1.72. The van der Waals surface area contributed by atoms with E-state index in [1.54, 1.807) is 0 Å². The van der Waals surface area contributed by atoms with Gasteiger partial charge in [0.05, 0.1) is 3.79 Å². The van der Waals surface area contributed by atoms with Crippen molar-refractivity contribution in [2.24, 2.45) is 17.4 Å². The second-order valence-corrected chi connectivity index (χ2v) is 6.31. The molecule has 1 aromatic rings. The summed E-state index contributed by atoms with van der Waals surface area (Å²) in [5, 5.41) is 0. The van der Waals surface area contributed by atoms with Gasteiger partial charge in [-0.1, -0.05) is 6.92 Å². The van der Waals surface area contributed by atoms with E-state index >= 15 is 0 Å². The smallest absolute Gasteiger partial charge is 0.0701 e. The molecule has 4 heteroatoms. The van der Waals surface area contributed by atoms with Crippen LogP contribution in [0, 0.1) is 5.92 Å². The summed E-state index contributed by atoms with van der Waals surface area (Å²) < 4.78 is 1.20. The summed E-state index contributed by atoms with van der Waals surface area (Å²) in [4.78, 5) is 1.44. The second-order valence-electron chi connectivity index (χ2n) is 3.82. The van der Waals surface area contributed by atoms with Crippen molar-refractivity contribution in [1.29, 1.82) is 0 Å². The minimum absolute atomic E-state index is 0.454. The minimum atomic E-state index is 0.454. The largest absolute Gasteiger partial charge is 0.330 e. The molecule has 2 nitrogen and oxygen atoms in total. The van der Waals surface area contributed by atoms with Crippen LogP contribution >= 0.6 is 27.3 Å². The lowest BCUT2D eigenvalue weighted by Gasteiger charge is -2.19. The van der Waals surface area contributed by atoms with Gasteiger partial charge in [0, 0.05) is 4.88 Å². The monoisotopic (exact) mass is 290 g/mol. The van der Waals surface area contributed by atoms with Crippen LogP contribution in [0.25, 0.3) is 0 Å². The van der Waals surface area contributed by atoms with Gasteiger partial charge in [0.25, 0.3) is 0 Å². The number of hydrogen-bond acceptors (Lipinski definition) is 3. The first kappa shape index (κ1) is 13.2. The first-order valence-corrected chi connectivity index (χ1v) is 6.97. The zero-order valence-electron chi connectivity index (χ0n) is 9.08. The Balaban J connectivity index is 2.63. The molecule has 0 bridgehead atoms. The van der Waals surface area contributed by atoms with E-state index in [0.717, 1.165) is 12.8 Å². The molecule has 1 rings (SSSR count). The average Bonchev–Trinajstić information content (AvgIpc) is 2.67. The van der Waals surface area contributed by atoms with Crippen molar-refractivity contribution >= 4 is 27.3 Å². The van der Waals surface area contributed by atoms with Crippen LogP contribution in [0.1, 0.15) is 30.6 Å². The molecular weight excluding hydrogens is 272 g/mol. The topological polar surface area (TPSA) is 52.0 Å². The molecule has 0 saturated heterocycles. The summed E-state index contributed by atoms with van der Waals surface area (Å²) in [6.45, 7) is 3.61. The SMILES string of the molecule is CCC(CC(CN)CN)c1ccc(Br)s1. The lowest BCUT2D eigenvalue weighted by atomic mass is 9.91. The predicted octanol–water partition coefficient (Wildman–Crippen LogP) is 2.93. The molecule has 0 aromatic carbocycles. The molecule has 1 aromatic heterocycles. The number of thiophene rings is 1. The summed E-state index contributed by atoms with van der Waals surface area (Å²) in [6.07, 6.45) is 2.26. The average molecular weight is 291 g/mol. The fraction of sp³-hybridized carbons (Fsp3) is 0.636. The van der Waals surface area contributed by atoms with E-state index in [1.807, 2.05) is 11.3 Å².